The summed E-state index contributed by atoms with van der Waals surface area (Å²) in [6, 6.07) is 8.54. The van der Waals surface area contributed by atoms with Crippen LogP contribution < -0.4 is 10.5 Å². The number of primary amides is 1. The molecule has 3 N–H and O–H groups in total. The van der Waals surface area contributed by atoms with Crippen LogP contribution in [0.25, 0.3) is 0 Å². The number of sulfonamides is 1. The van der Waals surface area contributed by atoms with Crippen LogP contribution in [0.15, 0.2) is 47.4 Å². The van der Waals surface area contributed by atoms with Crippen LogP contribution in [-0.4, -0.2) is 14.3 Å². The molecule has 0 aliphatic heterocycles. The normalized spacial score (nSPS) is 11.1. The van der Waals surface area contributed by atoms with E-state index in [2.05, 4.69) is 4.72 Å². The number of carbonyl (C=O) groups excluding carboxylic acids is 1. The lowest BCUT2D eigenvalue weighted by Crippen LogP contribution is -2.14. The molecule has 2 aromatic rings. The number of nitrogens with one attached hydrogen (secondary N) is 1. The van der Waals surface area contributed by atoms with E-state index in [0.29, 0.717) is 0 Å². The molecular weight excluding hydrogens is 319 g/mol. The fourth-order valence-electron chi connectivity index (χ4n) is 1.57. The largest absolute Gasteiger partial charge is 0.366 e. The highest BCUT2D eigenvalue weighted by Crippen LogP contribution is 2.22. The first-order chi connectivity index (χ1) is 9.79. The zero-order valence-electron chi connectivity index (χ0n) is 10.5. The van der Waals surface area contributed by atoms with Crippen molar-refractivity contribution in [1.29, 1.82) is 0 Å². The highest BCUT2D eigenvalue weighted by molar-refractivity contribution is 7.92. The molecule has 2 aromatic carbocycles. The Kier molecular flexibility index (Phi) is 4.15. The summed E-state index contributed by atoms with van der Waals surface area (Å²) >= 11 is 5.58. The molecule has 110 valence electrons. The number of carbonyl (C=O) groups is 1. The van der Waals surface area contributed by atoms with Crippen LogP contribution in [0.3, 0.4) is 0 Å². The highest BCUT2D eigenvalue weighted by Gasteiger charge is 2.15. The summed E-state index contributed by atoms with van der Waals surface area (Å²) < 4.78 is 39.5. The minimum Gasteiger partial charge on any atom is -0.366 e. The fourth-order valence-corrected chi connectivity index (χ4v) is 2.80. The van der Waals surface area contributed by atoms with Crippen molar-refractivity contribution in [2.75, 3.05) is 4.72 Å². The number of amides is 1. The van der Waals surface area contributed by atoms with Gasteiger partial charge in [0.25, 0.3) is 10.0 Å². The van der Waals surface area contributed by atoms with Crippen LogP contribution >= 0.6 is 11.6 Å². The summed E-state index contributed by atoms with van der Waals surface area (Å²) in [5.74, 6) is -1.30. The van der Waals surface area contributed by atoms with Gasteiger partial charge in [-0.3, -0.25) is 9.52 Å². The van der Waals surface area contributed by atoms with E-state index >= 15 is 0 Å². The molecular formula is C13H10ClFN2O3S. The Morgan fingerprint density at radius 1 is 1.14 bits per heavy atom. The lowest BCUT2D eigenvalue weighted by atomic mass is 10.2. The topological polar surface area (TPSA) is 89.3 Å². The first-order valence-electron chi connectivity index (χ1n) is 5.67. The zero-order chi connectivity index (χ0) is 15.6. The monoisotopic (exact) mass is 328 g/mol. The Morgan fingerprint density at radius 2 is 1.76 bits per heavy atom. The molecule has 1 amide bonds. The Morgan fingerprint density at radius 3 is 2.29 bits per heavy atom. The molecule has 0 atom stereocenters. The average molecular weight is 329 g/mol. The average Bonchev–Trinajstić information content (AvgIpc) is 2.43. The summed E-state index contributed by atoms with van der Waals surface area (Å²) in [7, 11) is -3.87. The van der Waals surface area contributed by atoms with Crippen LogP contribution in [0, 0.1) is 5.82 Å². The van der Waals surface area contributed by atoms with Gasteiger partial charge in [-0.15, -0.1) is 0 Å². The standard InChI is InChI=1S/C13H10ClFN2O3S/c14-11-7-9(3-6-12(11)15)17-21(19,20)10-4-1-8(2-5-10)13(16)18/h1-7,17H,(H2,16,18). The number of rotatable bonds is 4. The van der Waals surface area contributed by atoms with E-state index < -0.39 is 21.7 Å². The number of halogens is 2. The molecule has 21 heavy (non-hydrogen) atoms. The van der Waals surface area contributed by atoms with Crippen molar-refractivity contribution in [1.82, 2.24) is 0 Å². The first kappa shape index (κ1) is 15.3. The van der Waals surface area contributed by atoms with Crippen molar-refractivity contribution in [2.24, 2.45) is 5.73 Å². The summed E-state index contributed by atoms with van der Waals surface area (Å²) in [6.45, 7) is 0. The van der Waals surface area contributed by atoms with Gasteiger partial charge >= 0.3 is 0 Å². The maximum Gasteiger partial charge on any atom is 0.261 e. The van der Waals surface area contributed by atoms with E-state index in [9.17, 15) is 17.6 Å². The Balaban J connectivity index is 2.29. The van der Waals surface area contributed by atoms with E-state index in [4.69, 9.17) is 17.3 Å². The maximum absolute atomic E-state index is 13.0. The maximum atomic E-state index is 13.0. The molecule has 0 saturated heterocycles. The molecule has 0 aliphatic rings. The summed E-state index contributed by atoms with van der Waals surface area (Å²) in [5.41, 5.74) is 5.39. The first-order valence-corrected chi connectivity index (χ1v) is 7.53. The molecule has 0 heterocycles. The summed E-state index contributed by atoms with van der Waals surface area (Å²) in [6.07, 6.45) is 0. The Hall–Kier alpha value is -2.12. The predicted octanol–water partition coefficient (Wildman–Crippen LogP) is 2.38. The van der Waals surface area contributed by atoms with Crippen molar-refractivity contribution in [3.05, 3.63) is 58.9 Å². The third kappa shape index (κ3) is 3.50. The van der Waals surface area contributed by atoms with Gasteiger partial charge in [-0.2, -0.15) is 0 Å². The molecule has 5 nitrogen and oxygen atoms in total. The molecule has 0 aromatic heterocycles. The molecule has 0 fully saturated rings. The van der Waals surface area contributed by atoms with Gasteiger partial charge in [0.2, 0.25) is 5.91 Å². The van der Waals surface area contributed by atoms with Crippen molar-refractivity contribution in [2.45, 2.75) is 4.90 Å². The Labute approximate surface area is 125 Å². The molecule has 0 spiro atoms. The summed E-state index contributed by atoms with van der Waals surface area (Å²) in [4.78, 5) is 10.9. The van der Waals surface area contributed by atoms with E-state index in [0.717, 1.165) is 12.1 Å². The SMILES string of the molecule is NC(=O)c1ccc(S(=O)(=O)Nc2ccc(F)c(Cl)c2)cc1. The van der Waals surface area contributed by atoms with Crippen molar-refractivity contribution >= 4 is 33.2 Å². The molecule has 0 unspecified atom stereocenters. The Bertz CT molecular complexity index is 792. The lowest BCUT2D eigenvalue weighted by Gasteiger charge is -2.09. The number of benzene rings is 2. The van der Waals surface area contributed by atoms with Crippen LogP contribution in [0.4, 0.5) is 10.1 Å². The minimum absolute atomic E-state index is 0.0621. The van der Waals surface area contributed by atoms with E-state index in [-0.39, 0.29) is 21.2 Å². The fraction of sp³-hybridized carbons (Fsp3) is 0. The number of anilines is 1. The number of hydrogen-bond donors (Lipinski definition) is 2. The lowest BCUT2D eigenvalue weighted by molar-refractivity contribution is 0.1000. The zero-order valence-corrected chi connectivity index (χ0v) is 12.1. The van der Waals surface area contributed by atoms with Gasteiger partial charge < -0.3 is 5.73 Å². The highest BCUT2D eigenvalue weighted by atomic mass is 35.5. The molecule has 0 radical (unpaired) electrons. The van der Waals surface area contributed by atoms with E-state index in [1.165, 1.54) is 30.3 Å². The molecule has 0 saturated carbocycles. The van der Waals surface area contributed by atoms with Gasteiger partial charge in [-0.1, -0.05) is 11.6 Å². The second-order valence-corrected chi connectivity index (χ2v) is 6.21. The summed E-state index contributed by atoms with van der Waals surface area (Å²) in [5, 5.41) is -0.195. The number of hydrogen-bond acceptors (Lipinski definition) is 3. The van der Waals surface area contributed by atoms with Crippen molar-refractivity contribution in [3.63, 3.8) is 0 Å². The van der Waals surface area contributed by atoms with Gasteiger partial charge in [0, 0.05) is 5.56 Å². The van der Waals surface area contributed by atoms with Gasteiger partial charge in [-0.05, 0) is 42.5 Å². The van der Waals surface area contributed by atoms with Gasteiger partial charge in [0.15, 0.2) is 0 Å². The van der Waals surface area contributed by atoms with E-state index in [1.54, 1.807) is 0 Å². The molecule has 0 aliphatic carbocycles. The smallest absolute Gasteiger partial charge is 0.261 e. The van der Waals surface area contributed by atoms with E-state index in [1.807, 2.05) is 0 Å². The number of nitrogens with two attached hydrogens (primary N) is 1. The predicted molar refractivity (Wildman–Crippen MR) is 77.2 cm³/mol. The van der Waals surface area contributed by atoms with Gasteiger partial charge in [0.05, 0.1) is 15.6 Å². The van der Waals surface area contributed by atoms with Crippen molar-refractivity contribution in [3.8, 4) is 0 Å². The molecule has 0 bridgehead atoms. The van der Waals surface area contributed by atoms with Crippen LogP contribution in [0.5, 0.6) is 0 Å². The second kappa shape index (κ2) is 5.71. The van der Waals surface area contributed by atoms with Gasteiger partial charge in [-0.25, -0.2) is 12.8 Å². The molecule has 8 heteroatoms. The van der Waals surface area contributed by atoms with Gasteiger partial charge in [0.1, 0.15) is 5.82 Å². The third-order valence-corrected chi connectivity index (χ3v) is 4.31. The van der Waals surface area contributed by atoms with Crippen molar-refractivity contribution < 1.29 is 17.6 Å². The quantitative estimate of drug-likeness (QED) is 0.903. The third-order valence-electron chi connectivity index (χ3n) is 2.62. The van der Waals surface area contributed by atoms with Crippen LogP contribution in [0.1, 0.15) is 10.4 Å². The minimum atomic E-state index is -3.87. The van der Waals surface area contributed by atoms with Crippen LogP contribution in [-0.2, 0) is 10.0 Å². The molecule has 2 rings (SSSR count). The van der Waals surface area contributed by atoms with Crippen LogP contribution in [0.2, 0.25) is 5.02 Å². The second-order valence-electron chi connectivity index (χ2n) is 4.12.